The number of nitrogens with zero attached hydrogens (tertiary/aromatic N) is 2. The Morgan fingerprint density at radius 1 is 0.800 bits per heavy atom. The summed E-state index contributed by atoms with van der Waals surface area (Å²) in [6.07, 6.45) is 0. The fraction of sp³-hybridized carbons (Fsp3) is 1.00. The summed E-state index contributed by atoms with van der Waals surface area (Å²) >= 11 is 0. The third-order valence-electron chi connectivity index (χ3n) is 3.05. The van der Waals surface area contributed by atoms with E-state index in [1.807, 2.05) is 20.8 Å². The first kappa shape index (κ1) is 15.6. The van der Waals surface area contributed by atoms with E-state index in [1.54, 1.807) is 0 Å². The van der Waals surface area contributed by atoms with Crippen molar-refractivity contribution >= 4 is 23.9 Å². The largest absolute Gasteiger partial charge is 0.290 e. The van der Waals surface area contributed by atoms with Crippen molar-refractivity contribution in [3.05, 3.63) is 0 Å². The van der Waals surface area contributed by atoms with Crippen LogP contribution >= 0.6 is 7.44 Å². The molecular formula is C9H27N2OPSi2. The molecule has 0 heterocycles. The van der Waals surface area contributed by atoms with Gasteiger partial charge in [0, 0.05) is 6.66 Å². The predicted molar refractivity (Wildman–Crippen MR) is 75.7 cm³/mol. The second-order valence-corrected chi connectivity index (χ2v) is 19.9. The van der Waals surface area contributed by atoms with Gasteiger partial charge in [-0.25, -0.2) is 0 Å². The molecule has 0 bridgehead atoms. The van der Waals surface area contributed by atoms with Gasteiger partial charge in [0.15, 0.2) is 0 Å². The molecule has 15 heavy (non-hydrogen) atoms. The highest BCUT2D eigenvalue weighted by Crippen LogP contribution is 2.52. The number of hydrogen-bond donors (Lipinski definition) is 0. The maximum Gasteiger partial charge on any atom is 0.200 e. The Kier molecular flexibility index (Phi) is 4.63. The van der Waals surface area contributed by atoms with Crippen molar-refractivity contribution in [1.82, 2.24) is 8.67 Å². The van der Waals surface area contributed by atoms with Gasteiger partial charge < -0.3 is 0 Å². The first-order valence-corrected chi connectivity index (χ1v) is 14.3. The third kappa shape index (κ3) is 3.82. The molecule has 0 fully saturated rings. The topological polar surface area (TPSA) is 23.6 Å². The van der Waals surface area contributed by atoms with Crippen LogP contribution in [0, 0.1) is 0 Å². The molecule has 3 nitrogen and oxygen atoms in total. The van der Waals surface area contributed by atoms with Crippen molar-refractivity contribution in [2.24, 2.45) is 0 Å². The van der Waals surface area contributed by atoms with Crippen LogP contribution in [-0.2, 0) is 4.57 Å². The van der Waals surface area contributed by atoms with E-state index in [2.05, 4.69) is 48.0 Å². The molecule has 0 radical (unpaired) electrons. The summed E-state index contributed by atoms with van der Waals surface area (Å²) in [7, 11) is -1.27. The van der Waals surface area contributed by atoms with Crippen molar-refractivity contribution < 1.29 is 4.57 Å². The Balaban J connectivity index is 5.08. The van der Waals surface area contributed by atoms with E-state index in [0.717, 1.165) is 0 Å². The highest BCUT2D eigenvalue weighted by molar-refractivity contribution is 7.62. The van der Waals surface area contributed by atoms with Crippen molar-refractivity contribution in [3.8, 4) is 0 Å². The Morgan fingerprint density at radius 2 is 1.00 bits per heavy atom. The molecule has 0 saturated carbocycles. The normalized spacial score (nSPS) is 15.1. The van der Waals surface area contributed by atoms with E-state index in [-0.39, 0.29) is 0 Å². The fourth-order valence-corrected chi connectivity index (χ4v) is 11.7. The summed E-state index contributed by atoms with van der Waals surface area (Å²) < 4.78 is 17.1. The fourth-order valence-electron chi connectivity index (χ4n) is 1.31. The molecule has 6 heteroatoms. The molecule has 92 valence electrons. The van der Waals surface area contributed by atoms with Crippen molar-refractivity contribution in [2.45, 2.75) is 39.3 Å². The maximum absolute atomic E-state index is 12.8. The SMILES string of the molecule is CN([Si](C)(C)C)P(C)(=O)N(C)[Si](C)(C)C. The van der Waals surface area contributed by atoms with E-state index in [1.165, 1.54) is 0 Å². The highest BCUT2D eigenvalue weighted by Gasteiger charge is 2.40. The third-order valence-corrected chi connectivity index (χ3v) is 15.0. The summed E-state index contributed by atoms with van der Waals surface area (Å²) in [5.41, 5.74) is 0. The first-order chi connectivity index (χ1) is 6.31. The van der Waals surface area contributed by atoms with Crippen LogP contribution in [0.4, 0.5) is 0 Å². The molecule has 0 amide bonds. The van der Waals surface area contributed by atoms with Gasteiger partial charge in [-0.1, -0.05) is 39.3 Å². The van der Waals surface area contributed by atoms with Gasteiger partial charge in [0.25, 0.3) is 0 Å². The lowest BCUT2D eigenvalue weighted by Gasteiger charge is -2.44. The number of rotatable bonds is 4. The molecular weight excluding hydrogens is 239 g/mol. The van der Waals surface area contributed by atoms with Crippen molar-refractivity contribution in [3.63, 3.8) is 0 Å². The molecule has 0 saturated heterocycles. The zero-order valence-electron chi connectivity index (χ0n) is 11.7. The second kappa shape index (κ2) is 4.45. The molecule has 0 spiro atoms. The second-order valence-electron chi connectivity index (χ2n) is 6.22. The van der Waals surface area contributed by atoms with Crippen molar-refractivity contribution in [2.75, 3.05) is 20.8 Å². The predicted octanol–water partition coefficient (Wildman–Crippen LogP) is 3.34. The average Bonchev–Trinajstić information content (AvgIpc) is 1.98. The lowest BCUT2D eigenvalue weighted by Crippen LogP contribution is -2.49. The van der Waals surface area contributed by atoms with E-state index in [4.69, 9.17) is 0 Å². The standard InChI is InChI=1S/C9H27N2OPSi2/c1-10(14(4,5)6)13(3,12)11(2)15(7,8)9/h1-9H3. The molecule has 0 rings (SSSR count). The van der Waals surface area contributed by atoms with Crippen LogP contribution in [0.3, 0.4) is 0 Å². The molecule has 0 unspecified atom stereocenters. The lowest BCUT2D eigenvalue weighted by molar-refractivity contribution is 0.508. The summed E-state index contributed by atoms with van der Waals surface area (Å²) in [5.74, 6) is 0. The van der Waals surface area contributed by atoms with E-state index in [9.17, 15) is 4.57 Å². The van der Waals surface area contributed by atoms with Crippen LogP contribution in [0.1, 0.15) is 0 Å². The Hall–Kier alpha value is 0.584. The lowest BCUT2D eigenvalue weighted by atomic mass is 11.6. The molecule has 0 N–H and O–H groups in total. The minimum atomic E-state index is -2.33. The quantitative estimate of drug-likeness (QED) is 0.576. The van der Waals surface area contributed by atoms with Gasteiger partial charge in [-0.2, -0.15) is 0 Å². The Morgan fingerprint density at radius 3 is 1.13 bits per heavy atom. The Labute approximate surface area is 97.5 Å². The van der Waals surface area contributed by atoms with Gasteiger partial charge in [-0.3, -0.25) is 13.2 Å². The molecule has 0 aliphatic carbocycles. The summed E-state index contributed by atoms with van der Waals surface area (Å²) in [5, 5.41) is 0. The van der Waals surface area contributed by atoms with Crippen LogP contribution in [0.2, 0.25) is 39.3 Å². The van der Waals surface area contributed by atoms with Crippen LogP contribution in [-0.4, -0.2) is 45.9 Å². The zero-order chi connectivity index (χ0) is 12.7. The summed E-state index contributed by atoms with van der Waals surface area (Å²) in [6.45, 7) is 15.3. The molecule has 0 aliphatic rings. The van der Waals surface area contributed by atoms with Gasteiger partial charge in [-0.15, -0.1) is 0 Å². The molecule has 0 aromatic rings. The van der Waals surface area contributed by atoms with Gasteiger partial charge in [-0.05, 0) is 14.1 Å². The van der Waals surface area contributed by atoms with Gasteiger partial charge in [0.05, 0.1) is 0 Å². The van der Waals surface area contributed by atoms with Gasteiger partial charge >= 0.3 is 0 Å². The zero-order valence-corrected chi connectivity index (χ0v) is 14.6. The summed E-state index contributed by atoms with van der Waals surface area (Å²) in [4.78, 5) is 0. The number of hydrogen-bond acceptors (Lipinski definition) is 1. The molecule has 0 atom stereocenters. The van der Waals surface area contributed by atoms with Crippen LogP contribution in [0.5, 0.6) is 0 Å². The van der Waals surface area contributed by atoms with E-state index < -0.39 is 23.9 Å². The minimum absolute atomic E-state index is 1.49. The smallest absolute Gasteiger partial charge is 0.200 e. The van der Waals surface area contributed by atoms with Gasteiger partial charge in [0.2, 0.25) is 7.44 Å². The monoisotopic (exact) mass is 266 g/mol. The highest BCUT2D eigenvalue weighted by atomic mass is 31.2. The molecule has 0 aromatic heterocycles. The average molecular weight is 266 g/mol. The minimum Gasteiger partial charge on any atom is -0.290 e. The van der Waals surface area contributed by atoms with Crippen molar-refractivity contribution in [1.29, 1.82) is 0 Å². The molecule has 0 aromatic carbocycles. The maximum atomic E-state index is 12.8. The Bertz CT molecular complexity index is 246. The molecule has 0 aliphatic heterocycles. The van der Waals surface area contributed by atoms with E-state index >= 15 is 0 Å². The summed E-state index contributed by atoms with van der Waals surface area (Å²) in [6, 6.07) is 0. The van der Waals surface area contributed by atoms with Crippen LogP contribution in [0.15, 0.2) is 0 Å². The van der Waals surface area contributed by atoms with Gasteiger partial charge in [0.1, 0.15) is 16.5 Å². The van der Waals surface area contributed by atoms with Crippen LogP contribution in [0.25, 0.3) is 0 Å². The first-order valence-electron chi connectivity index (χ1n) is 5.37. The van der Waals surface area contributed by atoms with Crippen LogP contribution < -0.4 is 0 Å². The van der Waals surface area contributed by atoms with E-state index in [0.29, 0.717) is 0 Å².